The number of nitrogen functional groups attached to an aromatic ring is 1. The van der Waals surface area contributed by atoms with Crippen molar-refractivity contribution in [3.8, 4) is 0 Å². The molecule has 0 fully saturated rings. The quantitative estimate of drug-likeness (QED) is 0.884. The molecule has 0 aliphatic heterocycles. The summed E-state index contributed by atoms with van der Waals surface area (Å²) in [4.78, 5) is 18.4. The number of hydrogen-bond acceptors (Lipinski definition) is 4. The number of likely N-dealkylation sites (N-methyl/N-ethyl adjacent to an activating group) is 1. The third-order valence-corrected chi connectivity index (χ3v) is 3.51. The van der Waals surface area contributed by atoms with E-state index in [-0.39, 0.29) is 11.9 Å². The van der Waals surface area contributed by atoms with Gasteiger partial charge in [-0.25, -0.2) is 4.98 Å². The summed E-state index contributed by atoms with van der Waals surface area (Å²) in [7, 11) is 3.97. The molecule has 5 heteroatoms. The van der Waals surface area contributed by atoms with Crippen LogP contribution in [0.4, 0.5) is 5.82 Å². The van der Waals surface area contributed by atoms with Crippen LogP contribution in [0.5, 0.6) is 0 Å². The van der Waals surface area contributed by atoms with Crippen molar-refractivity contribution in [2.24, 2.45) is 0 Å². The van der Waals surface area contributed by atoms with E-state index in [9.17, 15) is 4.79 Å². The molecule has 1 unspecified atom stereocenters. The Balaban J connectivity index is 2.25. The third-order valence-electron chi connectivity index (χ3n) is 3.51. The van der Waals surface area contributed by atoms with Crippen LogP contribution in [0.2, 0.25) is 0 Å². The SMILES string of the molecule is CC(CNC(=O)c1cnc(N)c2ccccc12)N(C)C. The Bertz CT molecular complexity index is 624. The molecule has 0 bridgehead atoms. The van der Waals surface area contributed by atoms with Gasteiger partial charge >= 0.3 is 0 Å². The molecule has 2 aromatic rings. The van der Waals surface area contributed by atoms with Gasteiger partial charge in [0.25, 0.3) is 5.91 Å². The number of amides is 1. The fourth-order valence-electron chi connectivity index (χ4n) is 1.91. The zero-order valence-corrected chi connectivity index (χ0v) is 12.1. The van der Waals surface area contributed by atoms with E-state index in [0.717, 1.165) is 10.8 Å². The normalized spacial score (nSPS) is 12.6. The van der Waals surface area contributed by atoms with Gasteiger partial charge in [-0.2, -0.15) is 0 Å². The van der Waals surface area contributed by atoms with Crippen LogP contribution in [0.15, 0.2) is 30.5 Å². The maximum atomic E-state index is 12.3. The summed E-state index contributed by atoms with van der Waals surface area (Å²) >= 11 is 0. The number of carbonyl (C=O) groups excluding carboxylic acids is 1. The van der Waals surface area contributed by atoms with Gasteiger partial charge < -0.3 is 16.0 Å². The van der Waals surface area contributed by atoms with Crippen molar-refractivity contribution < 1.29 is 4.79 Å². The fourth-order valence-corrected chi connectivity index (χ4v) is 1.91. The fraction of sp³-hybridized carbons (Fsp3) is 0.333. The summed E-state index contributed by atoms with van der Waals surface area (Å²) in [6.07, 6.45) is 1.54. The smallest absolute Gasteiger partial charge is 0.253 e. The number of benzene rings is 1. The molecule has 0 aliphatic rings. The van der Waals surface area contributed by atoms with Crippen molar-refractivity contribution >= 4 is 22.5 Å². The zero-order valence-electron chi connectivity index (χ0n) is 12.1. The number of nitrogens with two attached hydrogens (primary N) is 1. The van der Waals surface area contributed by atoms with E-state index in [0.29, 0.717) is 17.9 Å². The third kappa shape index (κ3) is 2.88. The maximum Gasteiger partial charge on any atom is 0.253 e. The zero-order chi connectivity index (χ0) is 14.7. The first-order valence-corrected chi connectivity index (χ1v) is 6.58. The number of fused-ring (bicyclic) bond motifs is 1. The monoisotopic (exact) mass is 272 g/mol. The van der Waals surface area contributed by atoms with Crippen LogP contribution in [0.1, 0.15) is 17.3 Å². The van der Waals surface area contributed by atoms with Gasteiger partial charge in [0.15, 0.2) is 0 Å². The lowest BCUT2D eigenvalue weighted by atomic mass is 10.1. The number of nitrogens with one attached hydrogen (secondary N) is 1. The number of carbonyl (C=O) groups is 1. The molecule has 5 nitrogen and oxygen atoms in total. The van der Waals surface area contributed by atoms with Crippen molar-refractivity contribution in [1.29, 1.82) is 0 Å². The molecule has 0 saturated heterocycles. The Morgan fingerprint density at radius 2 is 2.00 bits per heavy atom. The summed E-state index contributed by atoms with van der Waals surface area (Å²) in [6.45, 7) is 2.64. The summed E-state index contributed by atoms with van der Waals surface area (Å²) in [5, 5.41) is 4.57. The van der Waals surface area contributed by atoms with Gasteiger partial charge in [-0.15, -0.1) is 0 Å². The number of aromatic nitrogens is 1. The van der Waals surface area contributed by atoms with E-state index in [2.05, 4.69) is 22.1 Å². The van der Waals surface area contributed by atoms with E-state index in [1.165, 1.54) is 6.20 Å². The molecule has 0 spiro atoms. The predicted molar refractivity (Wildman–Crippen MR) is 81.6 cm³/mol. The van der Waals surface area contributed by atoms with Gasteiger partial charge in [0, 0.05) is 24.2 Å². The van der Waals surface area contributed by atoms with Gasteiger partial charge in [-0.1, -0.05) is 24.3 Å². The van der Waals surface area contributed by atoms with Gasteiger partial charge in [-0.05, 0) is 26.4 Å². The number of pyridine rings is 1. The lowest BCUT2D eigenvalue weighted by molar-refractivity contribution is 0.0945. The van der Waals surface area contributed by atoms with Gasteiger partial charge in [0.2, 0.25) is 0 Å². The molecule has 1 aromatic carbocycles. The van der Waals surface area contributed by atoms with Crippen LogP contribution in [-0.2, 0) is 0 Å². The van der Waals surface area contributed by atoms with E-state index in [4.69, 9.17) is 5.73 Å². The Morgan fingerprint density at radius 1 is 1.35 bits per heavy atom. The van der Waals surface area contributed by atoms with Crippen molar-refractivity contribution in [2.75, 3.05) is 26.4 Å². The molecule has 3 N–H and O–H groups in total. The van der Waals surface area contributed by atoms with E-state index < -0.39 is 0 Å². The number of rotatable bonds is 4. The number of hydrogen-bond donors (Lipinski definition) is 2. The standard InChI is InChI=1S/C15H20N4O/c1-10(19(2)3)8-18-15(20)13-9-17-14(16)12-7-5-4-6-11(12)13/h4-7,9-10H,8H2,1-3H3,(H2,16,17)(H,18,20). The minimum atomic E-state index is -0.123. The maximum absolute atomic E-state index is 12.3. The summed E-state index contributed by atoms with van der Waals surface area (Å²) in [5.74, 6) is 0.321. The second kappa shape index (κ2) is 5.88. The highest BCUT2D eigenvalue weighted by molar-refractivity contribution is 6.08. The van der Waals surface area contributed by atoms with Crippen LogP contribution >= 0.6 is 0 Å². The first-order chi connectivity index (χ1) is 9.50. The average molecular weight is 272 g/mol. The van der Waals surface area contributed by atoms with Crippen molar-refractivity contribution in [3.63, 3.8) is 0 Å². The van der Waals surface area contributed by atoms with Crippen molar-refractivity contribution in [1.82, 2.24) is 15.2 Å². The Morgan fingerprint density at radius 3 is 2.65 bits per heavy atom. The molecule has 1 heterocycles. The second-order valence-electron chi connectivity index (χ2n) is 5.13. The van der Waals surface area contributed by atoms with Gasteiger partial charge in [0.05, 0.1) is 5.56 Å². The highest BCUT2D eigenvalue weighted by atomic mass is 16.1. The molecule has 0 saturated carbocycles. The van der Waals surface area contributed by atoms with E-state index in [1.54, 1.807) is 0 Å². The predicted octanol–water partition coefficient (Wildman–Crippen LogP) is 1.50. The van der Waals surface area contributed by atoms with Gasteiger partial charge in [-0.3, -0.25) is 4.79 Å². The highest BCUT2D eigenvalue weighted by Crippen LogP contribution is 2.22. The van der Waals surface area contributed by atoms with Gasteiger partial charge in [0.1, 0.15) is 5.82 Å². The second-order valence-corrected chi connectivity index (χ2v) is 5.13. The minimum Gasteiger partial charge on any atom is -0.383 e. The van der Waals surface area contributed by atoms with Crippen LogP contribution in [0.3, 0.4) is 0 Å². The summed E-state index contributed by atoms with van der Waals surface area (Å²) < 4.78 is 0. The average Bonchev–Trinajstić information content (AvgIpc) is 2.45. The molecule has 2 rings (SSSR count). The first-order valence-electron chi connectivity index (χ1n) is 6.58. The van der Waals surface area contributed by atoms with E-state index in [1.807, 2.05) is 38.4 Å². The van der Waals surface area contributed by atoms with Crippen LogP contribution in [0.25, 0.3) is 10.8 Å². The molecule has 106 valence electrons. The van der Waals surface area contributed by atoms with Crippen molar-refractivity contribution in [2.45, 2.75) is 13.0 Å². The Labute approximate surface area is 118 Å². The van der Waals surface area contributed by atoms with E-state index >= 15 is 0 Å². The molecule has 0 aliphatic carbocycles. The lowest BCUT2D eigenvalue weighted by Gasteiger charge is -2.20. The largest absolute Gasteiger partial charge is 0.383 e. The molecule has 1 amide bonds. The minimum absolute atomic E-state index is 0.123. The lowest BCUT2D eigenvalue weighted by Crippen LogP contribution is -2.38. The molecule has 1 aromatic heterocycles. The summed E-state index contributed by atoms with van der Waals surface area (Å²) in [5.41, 5.74) is 6.39. The van der Waals surface area contributed by atoms with Crippen molar-refractivity contribution in [3.05, 3.63) is 36.0 Å². The number of nitrogens with zero attached hydrogens (tertiary/aromatic N) is 2. The summed E-state index contributed by atoms with van der Waals surface area (Å²) in [6, 6.07) is 7.80. The van der Waals surface area contributed by atoms with Crippen LogP contribution < -0.4 is 11.1 Å². The first kappa shape index (κ1) is 14.3. The molecule has 0 radical (unpaired) electrons. The molecule has 1 atom stereocenters. The van der Waals surface area contributed by atoms with Crippen LogP contribution in [-0.4, -0.2) is 42.5 Å². The Kier molecular flexibility index (Phi) is 4.20. The molecule has 20 heavy (non-hydrogen) atoms. The Hall–Kier alpha value is -2.14. The van der Waals surface area contributed by atoms with Crippen LogP contribution in [0, 0.1) is 0 Å². The molecular formula is C15H20N4O. The number of anilines is 1. The highest BCUT2D eigenvalue weighted by Gasteiger charge is 2.13. The topological polar surface area (TPSA) is 71.2 Å². The molecular weight excluding hydrogens is 252 g/mol.